The fourth-order valence-corrected chi connectivity index (χ4v) is 0.204. The van der Waals surface area contributed by atoms with E-state index in [0.29, 0.717) is 0 Å². The molecular weight excluding hydrogens is 165 g/mol. The van der Waals surface area contributed by atoms with Crippen LogP contribution in [-0.2, 0) is 24.2 Å². The van der Waals surface area contributed by atoms with Gasteiger partial charge in [0.2, 0.25) is 0 Å². The summed E-state index contributed by atoms with van der Waals surface area (Å²) in [6.45, 7) is 5.67. The average Bonchev–Trinajstić information content (AvgIpc) is 1.41. The van der Waals surface area contributed by atoms with Gasteiger partial charge in [-0.3, -0.25) is 0 Å². The first-order valence-corrected chi connectivity index (χ1v) is 1.99. The van der Waals surface area contributed by atoms with Crippen LogP contribution in [0.2, 0.25) is 0 Å². The van der Waals surface area contributed by atoms with Crippen LogP contribution in [0.3, 0.4) is 0 Å². The van der Waals surface area contributed by atoms with E-state index in [0.717, 1.165) is 13.2 Å². The molecule has 0 heterocycles. The van der Waals surface area contributed by atoms with Crippen LogP contribution in [-0.4, -0.2) is 13.2 Å². The van der Waals surface area contributed by atoms with Gasteiger partial charge in [-0.05, 0) is 13.8 Å². The Morgan fingerprint density at radius 1 is 1.17 bits per heavy atom. The summed E-state index contributed by atoms with van der Waals surface area (Å²) in [5, 5.41) is 0. The van der Waals surface area contributed by atoms with E-state index in [-0.39, 0.29) is 19.5 Å². The molecule has 0 bridgehead atoms. The quantitative estimate of drug-likeness (QED) is 0.570. The van der Waals surface area contributed by atoms with Gasteiger partial charge >= 0.3 is 0 Å². The molecule has 0 amide bonds. The maximum absolute atomic E-state index is 4.83. The Kier molecular flexibility index (Phi) is 14.9. The first-order valence-electron chi connectivity index (χ1n) is 1.99. The fourth-order valence-electron chi connectivity index (χ4n) is 0.204. The summed E-state index contributed by atoms with van der Waals surface area (Å²) in [5.74, 6) is 0. The third kappa shape index (κ3) is 8.82. The third-order valence-corrected chi connectivity index (χ3v) is 0.408. The Balaban J connectivity index is 0. The van der Waals surface area contributed by atoms with Gasteiger partial charge in [-0.2, -0.15) is 0 Å². The third-order valence-electron chi connectivity index (χ3n) is 0.408. The minimum Gasteiger partial charge on any atom is -0.382 e. The van der Waals surface area contributed by atoms with E-state index < -0.39 is 0 Å². The first-order chi connectivity index (χ1) is 2.41. The van der Waals surface area contributed by atoms with E-state index in [1.807, 2.05) is 13.8 Å². The van der Waals surface area contributed by atoms with Crippen molar-refractivity contribution < 1.29 is 24.2 Å². The van der Waals surface area contributed by atoms with Crippen LogP contribution in [0.25, 0.3) is 0 Å². The Bertz CT molecular complexity index is 15.0. The summed E-state index contributed by atoms with van der Waals surface area (Å²) < 4.78 is 4.83. The van der Waals surface area contributed by atoms with Crippen molar-refractivity contribution in [3.63, 3.8) is 0 Å². The molecule has 0 atom stereocenters. The molecular formula is C4H10ORu. The van der Waals surface area contributed by atoms with Crippen LogP contribution in [0.15, 0.2) is 0 Å². The van der Waals surface area contributed by atoms with Gasteiger partial charge in [0.25, 0.3) is 0 Å². The minimum atomic E-state index is 0. The van der Waals surface area contributed by atoms with Crippen LogP contribution in [0.4, 0.5) is 0 Å². The van der Waals surface area contributed by atoms with E-state index in [2.05, 4.69) is 0 Å². The van der Waals surface area contributed by atoms with Crippen LogP contribution in [0, 0.1) is 0 Å². The zero-order valence-corrected chi connectivity index (χ0v) is 5.91. The van der Waals surface area contributed by atoms with Gasteiger partial charge in [-0.15, -0.1) is 0 Å². The maximum atomic E-state index is 4.83. The van der Waals surface area contributed by atoms with E-state index in [1.165, 1.54) is 0 Å². The van der Waals surface area contributed by atoms with Gasteiger partial charge in [0.15, 0.2) is 0 Å². The molecule has 6 heavy (non-hydrogen) atoms. The monoisotopic (exact) mass is 176 g/mol. The first kappa shape index (κ1) is 9.77. The molecule has 0 aliphatic rings. The van der Waals surface area contributed by atoms with E-state index in [1.54, 1.807) is 0 Å². The Labute approximate surface area is 51.8 Å². The van der Waals surface area contributed by atoms with Crippen LogP contribution >= 0.6 is 0 Å². The standard InChI is InChI=1S/C4H10O.Ru/c1-3-5-4-2;/h3-4H2,1-2H3;. The van der Waals surface area contributed by atoms with Gasteiger partial charge in [0.05, 0.1) is 0 Å². The molecule has 1 nitrogen and oxygen atoms in total. The molecule has 0 aromatic heterocycles. The van der Waals surface area contributed by atoms with Crippen molar-refractivity contribution >= 4 is 0 Å². The predicted molar refractivity (Wildman–Crippen MR) is 22.2 cm³/mol. The van der Waals surface area contributed by atoms with E-state index in [9.17, 15) is 0 Å². The Hall–Kier alpha value is 0.583. The van der Waals surface area contributed by atoms with Crippen molar-refractivity contribution in [3.05, 3.63) is 0 Å². The van der Waals surface area contributed by atoms with Crippen molar-refractivity contribution in [1.29, 1.82) is 0 Å². The van der Waals surface area contributed by atoms with Gasteiger partial charge in [-0.1, -0.05) is 0 Å². The zero-order chi connectivity index (χ0) is 4.12. The molecule has 0 aromatic carbocycles. The molecule has 0 aliphatic heterocycles. The van der Waals surface area contributed by atoms with E-state index in [4.69, 9.17) is 4.74 Å². The molecule has 2 heteroatoms. The second-order valence-corrected chi connectivity index (χ2v) is 0.781. The van der Waals surface area contributed by atoms with Crippen molar-refractivity contribution in [2.75, 3.05) is 13.2 Å². The molecule has 0 N–H and O–H groups in total. The van der Waals surface area contributed by atoms with Crippen molar-refractivity contribution in [3.8, 4) is 0 Å². The summed E-state index contributed by atoms with van der Waals surface area (Å²) in [5.41, 5.74) is 0. The summed E-state index contributed by atoms with van der Waals surface area (Å²) in [6, 6.07) is 0. The molecule has 0 unspecified atom stereocenters. The van der Waals surface area contributed by atoms with E-state index >= 15 is 0 Å². The molecule has 40 valence electrons. The van der Waals surface area contributed by atoms with Crippen LogP contribution in [0.5, 0.6) is 0 Å². The largest absolute Gasteiger partial charge is 0.382 e. The molecule has 0 saturated carbocycles. The number of ether oxygens (including phenoxy) is 1. The molecule has 0 fully saturated rings. The molecule has 0 radical (unpaired) electrons. The van der Waals surface area contributed by atoms with Gasteiger partial charge in [0, 0.05) is 32.7 Å². The van der Waals surface area contributed by atoms with Crippen LogP contribution in [0.1, 0.15) is 13.8 Å². The average molecular weight is 175 g/mol. The zero-order valence-electron chi connectivity index (χ0n) is 4.18. The van der Waals surface area contributed by atoms with Gasteiger partial charge in [0.1, 0.15) is 0 Å². The van der Waals surface area contributed by atoms with Crippen molar-refractivity contribution in [2.45, 2.75) is 13.8 Å². The normalized spacial score (nSPS) is 7.00. The summed E-state index contributed by atoms with van der Waals surface area (Å²) in [4.78, 5) is 0. The van der Waals surface area contributed by atoms with Crippen LogP contribution < -0.4 is 0 Å². The second-order valence-electron chi connectivity index (χ2n) is 0.781. The predicted octanol–water partition coefficient (Wildman–Crippen LogP) is 1.04. The van der Waals surface area contributed by atoms with Crippen molar-refractivity contribution in [1.82, 2.24) is 0 Å². The van der Waals surface area contributed by atoms with Crippen molar-refractivity contribution in [2.24, 2.45) is 0 Å². The van der Waals surface area contributed by atoms with Gasteiger partial charge in [-0.25, -0.2) is 0 Å². The molecule has 0 rings (SSSR count). The number of hydrogen-bond acceptors (Lipinski definition) is 1. The second kappa shape index (κ2) is 9.13. The summed E-state index contributed by atoms with van der Waals surface area (Å²) >= 11 is 0. The molecule has 0 saturated heterocycles. The number of hydrogen-bond donors (Lipinski definition) is 0. The Morgan fingerprint density at radius 3 is 1.50 bits per heavy atom. The Morgan fingerprint density at radius 2 is 1.50 bits per heavy atom. The van der Waals surface area contributed by atoms with Gasteiger partial charge < -0.3 is 4.74 Å². The summed E-state index contributed by atoms with van der Waals surface area (Å²) in [7, 11) is 0. The smallest absolute Gasteiger partial charge is 0.0437 e. The molecule has 0 spiro atoms. The SMILES string of the molecule is CCOCC.[Ru]. The molecule has 0 aliphatic carbocycles. The minimum absolute atomic E-state index is 0. The fraction of sp³-hybridized carbons (Fsp3) is 1.00. The summed E-state index contributed by atoms with van der Waals surface area (Å²) in [6.07, 6.45) is 0. The topological polar surface area (TPSA) is 9.23 Å². The molecule has 0 aromatic rings. The maximum Gasteiger partial charge on any atom is 0.0437 e. The number of rotatable bonds is 2.